The molecule has 1 atom stereocenters. The second-order valence-corrected chi connectivity index (χ2v) is 4.92. The lowest BCUT2D eigenvalue weighted by atomic mass is 10.2. The maximum absolute atomic E-state index is 8.83. The van der Waals surface area contributed by atoms with E-state index in [-0.39, 0.29) is 12.6 Å². The summed E-state index contributed by atoms with van der Waals surface area (Å²) < 4.78 is 0. The fourth-order valence-electron chi connectivity index (χ4n) is 0.999. The number of nitrogens with one attached hydrogen (secondary N) is 1. The highest BCUT2D eigenvalue weighted by Gasteiger charge is 2.06. The Morgan fingerprint density at radius 2 is 2.21 bits per heavy atom. The van der Waals surface area contributed by atoms with E-state index in [4.69, 9.17) is 5.11 Å². The Morgan fingerprint density at radius 3 is 2.71 bits per heavy atom. The van der Waals surface area contributed by atoms with E-state index in [0.717, 1.165) is 11.6 Å². The molecule has 0 aliphatic rings. The van der Waals surface area contributed by atoms with Gasteiger partial charge in [-0.05, 0) is 12.8 Å². The van der Waals surface area contributed by atoms with Gasteiger partial charge in [-0.2, -0.15) is 0 Å². The summed E-state index contributed by atoms with van der Waals surface area (Å²) in [5.41, 5.74) is 0. The number of nitrogens with zero attached hydrogens (tertiary/aromatic N) is 1. The first-order valence-electron chi connectivity index (χ1n) is 4.92. The Hall–Kier alpha value is -0.450. The van der Waals surface area contributed by atoms with Gasteiger partial charge in [-0.1, -0.05) is 13.8 Å². The number of thiazole rings is 1. The van der Waals surface area contributed by atoms with Gasteiger partial charge in [0, 0.05) is 23.7 Å². The fraction of sp³-hybridized carbons (Fsp3) is 0.700. The summed E-state index contributed by atoms with van der Waals surface area (Å²) in [6.45, 7) is 7.21. The highest BCUT2D eigenvalue weighted by molar-refractivity contribution is 7.11. The molecule has 0 aliphatic carbocycles. The summed E-state index contributed by atoms with van der Waals surface area (Å²) in [6, 6.07) is 0.140. The molecule has 1 rings (SSSR count). The molecule has 0 saturated heterocycles. The van der Waals surface area contributed by atoms with Gasteiger partial charge in [0.25, 0.3) is 0 Å². The smallest absolute Gasteiger partial charge is 0.107 e. The molecule has 0 radical (unpaired) electrons. The Labute approximate surface area is 89.2 Å². The molecule has 0 bridgehead atoms. The highest BCUT2D eigenvalue weighted by atomic mass is 32.1. The summed E-state index contributed by atoms with van der Waals surface area (Å²) in [5.74, 6) is 0.552. The molecular weight excluding hydrogens is 196 g/mol. The normalized spacial score (nSPS) is 13.5. The third kappa shape index (κ3) is 3.36. The van der Waals surface area contributed by atoms with Crippen LogP contribution in [0.1, 0.15) is 36.6 Å². The number of aromatic nitrogens is 1. The van der Waals surface area contributed by atoms with Crippen molar-refractivity contribution in [3.05, 3.63) is 16.1 Å². The first kappa shape index (κ1) is 11.6. The molecule has 0 fully saturated rings. The Balaban J connectivity index is 2.44. The van der Waals surface area contributed by atoms with Gasteiger partial charge in [0.15, 0.2) is 0 Å². The number of hydrogen-bond donors (Lipinski definition) is 2. The van der Waals surface area contributed by atoms with Gasteiger partial charge < -0.3 is 10.4 Å². The summed E-state index contributed by atoms with van der Waals surface area (Å²) in [7, 11) is 0. The quantitative estimate of drug-likeness (QED) is 0.784. The maximum atomic E-state index is 8.83. The topological polar surface area (TPSA) is 45.2 Å². The maximum Gasteiger partial charge on any atom is 0.107 e. The standard InChI is InChI=1S/C10H18N2OS/c1-7(2)9-4-12-10(14-9)5-11-8(3)6-13/h4,7-8,11,13H,5-6H2,1-3H3/t8-/m1/s1. The van der Waals surface area contributed by atoms with E-state index >= 15 is 0 Å². The van der Waals surface area contributed by atoms with Crippen LogP contribution >= 0.6 is 11.3 Å². The lowest BCUT2D eigenvalue weighted by Crippen LogP contribution is -2.28. The predicted octanol–water partition coefficient (Wildman–Crippen LogP) is 1.74. The minimum absolute atomic E-state index is 0.140. The first-order valence-corrected chi connectivity index (χ1v) is 5.74. The van der Waals surface area contributed by atoms with Gasteiger partial charge >= 0.3 is 0 Å². The van der Waals surface area contributed by atoms with Gasteiger partial charge in [0.05, 0.1) is 6.61 Å². The van der Waals surface area contributed by atoms with Crippen LogP contribution in [-0.4, -0.2) is 22.7 Å². The Bertz CT molecular complexity index is 273. The van der Waals surface area contributed by atoms with Crippen LogP contribution in [0.4, 0.5) is 0 Å². The highest BCUT2D eigenvalue weighted by Crippen LogP contribution is 2.21. The van der Waals surface area contributed by atoms with Crippen LogP contribution in [0.5, 0.6) is 0 Å². The monoisotopic (exact) mass is 214 g/mol. The zero-order valence-electron chi connectivity index (χ0n) is 8.95. The van der Waals surface area contributed by atoms with Crippen LogP contribution in [0.25, 0.3) is 0 Å². The van der Waals surface area contributed by atoms with Crippen molar-refractivity contribution >= 4 is 11.3 Å². The van der Waals surface area contributed by atoms with Crippen molar-refractivity contribution in [3.8, 4) is 0 Å². The number of aliphatic hydroxyl groups excluding tert-OH is 1. The average Bonchev–Trinajstić information content (AvgIpc) is 2.62. The number of aliphatic hydroxyl groups is 1. The summed E-state index contributed by atoms with van der Waals surface area (Å²) in [4.78, 5) is 5.64. The van der Waals surface area contributed by atoms with Crippen molar-refractivity contribution < 1.29 is 5.11 Å². The van der Waals surface area contributed by atoms with Crippen molar-refractivity contribution in [2.45, 2.75) is 39.3 Å². The molecule has 1 aromatic heterocycles. The van der Waals surface area contributed by atoms with Crippen molar-refractivity contribution in [2.24, 2.45) is 0 Å². The SMILES string of the molecule is CC(C)c1cnc(CN[C@H](C)CO)s1. The molecule has 0 saturated carbocycles. The van der Waals surface area contributed by atoms with E-state index in [1.165, 1.54) is 4.88 Å². The molecule has 0 aliphatic heterocycles. The van der Waals surface area contributed by atoms with Crippen LogP contribution in [0.15, 0.2) is 6.20 Å². The van der Waals surface area contributed by atoms with E-state index in [0.29, 0.717) is 5.92 Å². The predicted molar refractivity (Wildman–Crippen MR) is 59.6 cm³/mol. The minimum Gasteiger partial charge on any atom is -0.395 e. The van der Waals surface area contributed by atoms with Crippen LogP contribution in [-0.2, 0) is 6.54 Å². The van der Waals surface area contributed by atoms with Gasteiger partial charge in [-0.15, -0.1) is 11.3 Å². The molecule has 0 amide bonds. The third-order valence-corrected chi connectivity index (χ3v) is 3.31. The largest absolute Gasteiger partial charge is 0.395 e. The van der Waals surface area contributed by atoms with Gasteiger partial charge in [0.1, 0.15) is 5.01 Å². The molecule has 80 valence electrons. The molecule has 2 N–H and O–H groups in total. The first-order chi connectivity index (χ1) is 6.63. The Kier molecular flexibility index (Phi) is 4.51. The molecule has 3 nitrogen and oxygen atoms in total. The van der Waals surface area contributed by atoms with Crippen molar-refractivity contribution in [3.63, 3.8) is 0 Å². The zero-order valence-corrected chi connectivity index (χ0v) is 9.77. The van der Waals surface area contributed by atoms with Crippen LogP contribution in [0.2, 0.25) is 0 Å². The van der Waals surface area contributed by atoms with E-state index < -0.39 is 0 Å². The summed E-state index contributed by atoms with van der Waals surface area (Å²) >= 11 is 1.74. The van der Waals surface area contributed by atoms with Crippen LogP contribution < -0.4 is 5.32 Å². The summed E-state index contributed by atoms with van der Waals surface area (Å²) in [5, 5.41) is 13.1. The Morgan fingerprint density at radius 1 is 1.50 bits per heavy atom. The van der Waals surface area contributed by atoms with Crippen molar-refractivity contribution in [1.29, 1.82) is 0 Å². The van der Waals surface area contributed by atoms with E-state index in [2.05, 4.69) is 24.1 Å². The molecule has 0 spiro atoms. The molecule has 0 unspecified atom stereocenters. The molecule has 4 heteroatoms. The average molecular weight is 214 g/mol. The molecule has 0 aromatic carbocycles. The van der Waals surface area contributed by atoms with Crippen molar-refractivity contribution in [1.82, 2.24) is 10.3 Å². The lowest BCUT2D eigenvalue weighted by Gasteiger charge is -2.07. The summed E-state index contributed by atoms with van der Waals surface area (Å²) in [6.07, 6.45) is 1.94. The van der Waals surface area contributed by atoms with E-state index in [1.54, 1.807) is 11.3 Å². The van der Waals surface area contributed by atoms with Gasteiger partial charge in [0.2, 0.25) is 0 Å². The minimum atomic E-state index is 0.140. The second kappa shape index (κ2) is 5.44. The van der Waals surface area contributed by atoms with Crippen LogP contribution in [0.3, 0.4) is 0 Å². The van der Waals surface area contributed by atoms with Gasteiger partial charge in [-0.3, -0.25) is 0 Å². The van der Waals surface area contributed by atoms with E-state index in [9.17, 15) is 0 Å². The second-order valence-electron chi connectivity index (χ2n) is 3.78. The fourth-order valence-corrected chi connectivity index (χ4v) is 1.87. The zero-order chi connectivity index (χ0) is 10.6. The lowest BCUT2D eigenvalue weighted by molar-refractivity contribution is 0.251. The molecular formula is C10H18N2OS. The molecule has 1 heterocycles. The third-order valence-electron chi connectivity index (χ3n) is 2.02. The van der Waals surface area contributed by atoms with Gasteiger partial charge in [-0.25, -0.2) is 4.98 Å². The number of hydrogen-bond acceptors (Lipinski definition) is 4. The van der Waals surface area contributed by atoms with E-state index in [1.807, 2.05) is 13.1 Å². The van der Waals surface area contributed by atoms with Crippen LogP contribution in [0, 0.1) is 0 Å². The molecule has 1 aromatic rings. The van der Waals surface area contributed by atoms with Crippen molar-refractivity contribution in [2.75, 3.05) is 6.61 Å². The molecule has 14 heavy (non-hydrogen) atoms. The number of rotatable bonds is 5.